The molecule has 3 rings (SSSR count). The molecule has 23 heavy (non-hydrogen) atoms. The molecular formula is C15H16N4O2S2. The number of rotatable bonds is 3. The fourth-order valence-electron chi connectivity index (χ4n) is 2.24. The van der Waals surface area contributed by atoms with E-state index < -0.39 is 0 Å². The average Bonchev–Trinajstić information content (AvgIpc) is 3.19. The van der Waals surface area contributed by atoms with Crippen molar-refractivity contribution in [2.24, 2.45) is 0 Å². The van der Waals surface area contributed by atoms with Gasteiger partial charge >= 0.3 is 0 Å². The summed E-state index contributed by atoms with van der Waals surface area (Å²) in [5.41, 5.74) is 0.331. The number of nitriles is 1. The van der Waals surface area contributed by atoms with Gasteiger partial charge in [0.1, 0.15) is 11.1 Å². The quantitative estimate of drug-likeness (QED) is 0.847. The van der Waals surface area contributed by atoms with Crippen molar-refractivity contribution in [1.29, 1.82) is 5.26 Å². The molecule has 2 aromatic rings. The van der Waals surface area contributed by atoms with Crippen molar-refractivity contribution >= 4 is 34.0 Å². The van der Waals surface area contributed by atoms with Crippen LogP contribution in [0.25, 0.3) is 0 Å². The van der Waals surface area contributed by atoms with E-state index in [1.54, 1.807) is 11.0 Å². The molecule has 1 amide bonds. The number of thiophene rings is 1. The van der Waals surface area contributed by atoms with Gasteiger partial charge in [-0.3, -0.25) is 4.79 Å². The van der Waals surface area contributed by atoms with Crippen molar-refractivity contribution in [2.45, 2.75) is 43.1 Å². The van der Waals surface area contributed by atoms with Crippen molar-refractivity contribution in [1.82, 2.24) is 10.2 Å². The summed E-state index contributed by atoms with van der Waals surface area (Å²) in [6.07, 6.45) is 0.694. The predicted molar refractivity (Wildman–Crippen MR) is 88.6 cm³/mol. The maximum atomic E-state index is 12.6. The number of amides is 1. The first-order valence-electron chi connectivity index (χ1n) is 7.20. The molecule has 0 radical (unpaired) electrons. The SMILES string of the molecule is CC(C)(C)c1nnc(SC2CCN(c3sccc3C#N)C2=O)o1. The van der Waals surface area contributed by atoms with Gasteiger partial charge in [-0.1, -0.05) is 32.5 Å². The number of nitrogens with zero attached hydrogens (tertiary/aromatic N) is 4. The minimum atomic E-state index is -0.253. The highest BCUT2D eigenvalue weighted by Crippen LogP contribution is 2.36. The van der Waals surface area contributed by atoms with Gasteiger partial charge in [-0.15, -0.1) is 21.5 Å². The van der Waals surface area contributed by atoms with Gasteiger partial charge in [0, 0.05) is 12.0 Å². The lowest BCUT2D eigenvalue weighted by atomic mass is 9.97. The normalized spacial score (nSPS) is 18.4. The molecule has 6 nitrogen and oxygen atoms in total. The third-order valence-corrected chi connectivity index (χ3v) is 5.48. The molecule has 0 spiro atoms. The molecule has 0 aromatic carbocycles. The summed E-state index contributed by atoms with van der Waals surface area (Å²) in [4.78, 5) is 14.3. The van der Waals surface area contributed by atoms with Crippen molar-refractivity contribution in [3.8, 4) is 6.07 Å². The van der Waals surface area contributed by atoms with Crippen LogP contribution in [0.15, 0.2) is 21.1 Å². The molecule has 3 heterocycles. The van der Waals surface area contributed by atoms with Crippen LogP contribution >= 0.6 is 23.1 Å². The van der Waals surface area contributed by atoms with Gasteiger partial charge < -0.3 is 9.32 Å². The third-order valence-electron chi connectivity index (χ3n) is 3.46. The number of carbonyl (C=O) groups is 1. The predicted octanol–water partition coefficient (Wildman–Crippen LogP) is 3.20. The molecule has 0 N–H and O–H groups in total. The summed E-state index contributed by atoms with van der Waals surface area (Å²) in [6.45, 7) is 6.60. The standard InChI is InChI=1S/C15H16N4O2S2/c1-15(2,3)13-17-18-14(21-13)23-10-4-6-19(11(10)20)12-9(8-16)5-7-22-12/h5,7,10H,4,6H2,1-3H3. The Morgan fingerprint density at radius 2 is 2.26 bits per heavy atom. The Bertz CT molecular complexity index is 769. The minimum absolute atomic E-state index is 0.00976. The average molecular weight is 348 g/mol. The van der Waals surface area contributed by atoms with E-state index in [9.17, 15) is 4.79 Å². The van der Waals surface area contributed by atoms with Crippen molar-refractivity contribution < 1.29 is 9.21 Å². The Kier molecular flexibility index (Phi) is 4.17. The topological polar surface area (TPSA) is 83.0 Å². The molecule has 1 unspecified atom stereocenters. The zero-order valence-corrected chi connectivity index (χ0v) is 14.7. The largest absolute Gasteiger partial charge is 0.415 e. The summed E-state index contributed by atoms with van der Waals surface area (Å²) in [5.74, 6) is 0.553. The Hall–Kier alpha value is -1.85. The lowest BCUT2D eigenvalue weighted by Crippen LogP contribution is -2.27. The smallest absolute Gasteiger partial charge is 0.277 e. The van der Waals surface area contributed by atoms with Crippen molar-refractivity contribution in [3.63, 3.8) is 0 Å². The molecule has 8 heteroatoms. The first-order valence-corrected chi connectivity index (χ1v) is 8.95. The van der Waals surface area contributed by atoms with E-state index in [1.165, 1.54) is 23.1 Å². The van der Waals surface area contributed by atoms with E-state index in [0.717, 1.165) is 5.00 Å². The molecule has 1 atom stereocenters. The first kappa shape index (κ1) is 16.0. The molecule has 0 saturated carbocycles. The van der Waals surface area contributed by atoms with Crippen molar-refractivity contribution in [2.75, 3.05) is 11.4 Å². The number of hydrogen-bond acceptors (Lipinski definition) is 7. The highest BCUT2D eigenvalue weighted by Gasteiger charge is 2.36. The van der Waals surface area contributed by atoms with E-state index >= 15 is 0 Å². The van der Waals surface area contributed by atoms with Gasteiger partial charge in [0.15, 0.2) is 0 Å². The van der Waals surface area contributed by atoms with Crippen LogP contribution in [0.5, 0.6) is 0 Å². The van der Waals surface area contributed by atoms with Crippen LogP contribution in [0, 0.1) is 11.3 Å². The summed E-state index contributed by atoms with van der Waals surface area (Å²) < 4.78 is 5.65. The fraction of sp³-hybridized carbons (Fsp3) is 0.467. The molecule has 1 saturated heterocycles. The number of thioether (sulfide) groups is 1. The second-order valence-electron chi connectivity index (χ2n) is 6.26. The number of aromatic nitrogens is 2. The van der Waals surface area contributed by atoms with E-state index in [2.05, 4.69) is 16.3 Å². The highest BCUT2D eigenvalue weighted by atomic mass is 32.2. The third kappa shape index (κ3) is 3.12. The summed E-state index contributed by atoms with van der Waals surface area (Å²) >= 11 is 2.71. The van der Waals surface area contributed by atoms with E-state index in [4.69, 9.17) is 9.68 Å². The monoisotopic (exact) mass is 348 g/mol. The van der Waals surface area contributed by atoms with Gasteiger partial charge in [0.2, 0.25) is 11.8 Å². The Balaban J connectivity index is 1.73. The Morgan fingerprint density at radius 1 is 1.48 bits per heavy atom. The van der Waals surface area contributed by atoms with Crippen LogP contribution in [0.1, 0.15) is 38.6 Å². The second kappa shape index (κ2) is 5.98. The molecule has 1 aliphatic heterocycles. The minimum Gasteiger partial charge on any atom is -0.415 e. The number of anilines is 1. The van der Waals surface area contributed by atoms with Crippen molar-refractivity contribution in [3.05, 3.63) is 22.9 Å². The molecule has 1 aliphatic rings. The van der Waals surface area contributed by atoms with Crippen LogP contribution in [-0.2, 0) is 10.2 Å². The zero-order valence-electron chi connectivity index (χ0n) is 13.1. The van der Waals surface area contributed by atoms with E-state index in [1.807, 2.05) is 26.2 Å². The first-order chi connectivity index (χ1) is 10.9. The fourth-order valence-corrected chi connectivity index (χ4v) is 4.03. The maximum absolute atomic E-state index is 12.6. The lowest BCUT2D eigenvalue weighted by molar-refractivity contribution is -0.116. The summed E-state index contributed by atoms with van der Waals surface area (Å²) in [7, 11) is 0. The summed E-state index contributed by atoms with van der Waals surface area (Å²) in [6, 6.07) is 3.86. The molecule has 1 fully saturated rings. The van der Waals surface area contributed by atoms with E-state index in [-0.39, 0.29) is 16.6 Å². The molecule has 0 bridgehead atoms. The van der Waals surface area contributed by atoms with Gasteiger partial charge in [-0.25, -0.2) is 0 Å². The van der Waals surface area contributed by atoms with E-state index in [0.29, 0.717) is 29.6 Å². The lowest BCUT2D eigenvalue weighted by Gasteiger charge is -2.14. The van der Waals surface area contributed by atoms with Crippen LogP contribution in [0.3, 0.4) is 0 Å². The van der Waals surface area contributed by atoms with Crippen LogP contribution in [-0.4, -0.2) is 27.9 Å². The molecular weight excluding hydrogens is 332 g/mol. The molecule has 0 aliphatic carbocycles. The van der Waals surface area contributed by atoms with Gasteiger partial charge in [0.25, 0.3) is 5.22 Å². The zero-order chi connectivity index (χ0) is 16.6. The highest BCUT2D eigenvalue weighted by molar-refractivity contribution is 8.00. The maximum Gasteiger partial charge on any atom is 0.277 e. The second-order valence-corrected chi connectivity index (χ2v) is 8.31. The van der Waals surface area contributed by atoms with Gasteiger partial charge in [-0.2, -0.15) is 5.26 Å². The molecule has 120 valence electrons. The Morgan fingerprint density at radius 3 is 2.91 bits per heavy atom. The Labute approximate surface area is 142 Å². The van der Waals surface area contributed by atoms with Crippen LogP contribution < -0.4 is 4.90 Å². The van der Waals surface area contributed by atoms with Crippen LogP contribution in [0.4, 0.5) is 5.00 Å². The number of carbonyl (C=O) groups excluding carboxylic acids is 1. The summed E-state index contributed by atoms with van der Waals surface area (Å²) in [5, 5.41) is 19.9. The van der Waals surface area contributed by atoms with Gasteiger partial charge in [-0.05, 0) is 17.9 Å². The number of hydrogen-bond donors (Lipinski definition) is 0. The van der Waals surface area contributed by atoms with Crippen LogP contribution in [0.2, 0.25) is 0 Å². The van der Waals surface area contributed by atoms with Gasteiger partial charge in [0.05, 0.1) is 10.8 Å². The molecule has 2 aromatic heterocycles.